The number of nitrogens with zero attached hydrogens (tertiary/aromatic N) is 4. The first-order valence-electron chi connectivity index (χ1n) is 21.1. The highest BCUT2D eigenvalue weighted by Crippen LogP contribution is 2.39. The van der Waals surface area contributed by atoms with Crippen LogP contribution in [0.15, 0.2) is 122 Å². The number of aryl methyl sites for hydroxylation is 1. The minimum absolute atomic E-state index is 0.0113. The molecule has 0 aliphatic carbocycles. The predicted molar refractivity (Wildman–Crippen MR) is 237 cm³/mol. The van der Waals surface area contributed by atoms with Gasteiger partial charge in [-0.05, 0) is 87.4 Å². The summed E-state index contributed by atoms with van der Waals surface area (Å²) in [6.45, 7) is 14.7. The van der Waals surface area contributed by atoms with Crippen LogP contribution < -0.4 is 14.8 Å². The first-order chi connectivity index (χ1) is 29.2. The van der Waals surface area contributed by atoms with Crippen LogP contribution in [-0.4, -0.2) is 112 Å². The summed E-state index contributed by atoms with van der Waals surface area (Å²) < 4.78 is 61.9. The molecule has 3 heterocycles. The average molecular weight is 851 g/mol. The topological polar surface area (TPSA) is 67.4 Å². The molecule has 61 heavy (non-hydrogen) atoms. The van der Waals surface area contributed by atoms with Crippen molar-refractivity contribution in [3.8, 4) is 16.9 Å². The number of methoxy groups -OCH3 is 1. The second-order valence-electron chi connectivity index (χ2n) is 17.3. The summed E-state index contributed by atoms with van der Waals surface area (Å²) in [6.07, 6.45) is -1.06. The molecule has 7 rings (SSSR count). The normalized spacial score (nSPS) is 18.3. The van der Waals surface area contributed by atoms with Crippen molar-refractivity contribution in [2.24, 2.45) is 0 Å². The van der Waals surface area contributed by atoms with Gasteiger partial charge in [0.2, 0.25) is 0 Å². The minimum atomic E-state index is -4.64. The van der Waals surface area contributed by atoms with Gasteiger partial charge in [-0.25, -0.2) is 0 Å². The molecule has 1 amide bonds. The number of hydrogen-bond donors (Lipinski definition) is 0. The lowest BCUT2D eigenvalue weighted by Crippen LogP contribution is -2.68. The Kier molecular flexibility index (Phi) is 13.8. The zero-order chi connectivity index (χ0) is 43.2. The van der Waals surface area contributed by atoms with Gasteiger partial charge >= 0.3 is 14.5 Å². The highest BCUT2D eigenvalue weighted by Gasteiger charge is 2.52. The van der Waals surface area contributed by atoms with E-state index in [-0.39, 0.29) is 22.7 Å². The van der Waals surface area contributed by atoms with Gasteiger partial charge in [0.25, 0.3) is 5.91 Å². The standard InChI is InChI=1S/C49H57F3N4O4Si/c1-36-16-17-37(29-46(36)60-61(48(2,3)4,44-12-8-6-9-13-44)45-14-10-7-11-15-45)28-42-33-54(22-23-55-26-27-59-43(34-55)35-58-5)24-25-56(42)47(57)40-30-39(38-18-20-53-21-19-38)31-41(32-40)49(50,51)52/h6-21,29-32,42-43H,22-28,33-35H2,1-5H3/t42-,43+/m1/s1. The number of piperazine rings is 1. The van der Waals surface area contributed by atoms with E-state index >= 15 is 0 Å². The molecule has 0 unspecified atom stereocenters. The number of carbonyl (C=O) groups is 1. The number of aromatic nitrogens is 1. The van der Waals surface area contributed by atoms with Gasteiger partial charge in [-0.3, -0.25) is 19.6 Å². The van der Waals surface area contributed by atoms with E-state index in [0.29, 0.717) is 50.4 Å². The van der Waals surface area contributed by atoms with Crippen molar-refractivity contribution in [3.05, 3.63) is 144 Å². The van der Waals surface area contributed by atoms with Gasteiger partial charge in [0, 0.05) is 76.9 Å². The molecule has 4 aromatic carbocycles. The fourth-order valence-electron chi connectivity index (χ4n) is 8.88. The second-order valence-corrected chi connectivity index (χ2v) is 21.5. The molecule has 1 aromatic heterocycles. The number of hydrogen-bond acceptors (Lipinski definition) is 7. The fraction of sp³-hybridized carbons (Fsp3) is 0.388. The minimum Gasteiger partial charge on any atom is -0.534 e. The van der Waals surface area contributed by atoms with Gasteiger partial charge in [-0.1, -0.05) is 93.6 Å². The molecule has 2 aliphatic rings. The summed E-state index contributed by atoms with van der Waals surface area (Å²) in [6, 6.07) is 34.0. The first-order valence-corrected chi connectivity index (χ1v) is 23.0. The monoisotopic (exact) mass is 850 g/mol. The van der Waals surface area contributed by atoms with Crippen LogP contribution in [0.5, 0.6) is 5.75 Å². The lowest BCUT2D eigenvalue weighted by atomic mass is 9.97. The highest BCUT2D eigenvalue weighted by molar-refractivity contribution is 7.00. The number of pyridine rings is 1. The molecule has 2 fully saturated rings. The number of rotatable bonds is 13. The second kappa shape index (κ2) is 19.0. The highest BCUT2D eigenvalue weighted by atomic mass is 28.4. The Balaban J connectivity index is 1.22. The smallest absolute Gasteiger partial charge is 0.416 e. The van der Waals surface area contributed by atoms with E-state index in [4.69, 9.17) is 13.9 Å². The van der Waals surface area contributed by atoms with Gasteiger partial charge in [0.15, 0.2) is 0 Å². The summed E-state index contributed by atoms with van der Waals surface area (Å²) >= 11 is 0. The Morgan fingerprint density at radius 2 is 1.46 bits per heavy atom. The maximum absolute atomic E-state index is 14.7. The third-order valence-electron chi connectivity index (χ3n) is 12.1. The molecule has 0 radical (unpaired) electrons. The van der Waals surface area contributed by atoms with Gasteiger partial charge in [-0.15, -0.1) is 0 Å². The molecule has 0 bridgehead atoms. The molecule has 8 nitrogen and oxygen atoms in total. The molecule has 2 atom stereocenters. The van der Waals surface area contributed by atoms with Crippen molar-refractivity contribution in [1.82, 2.24) is 19.7 Å². The molecular weight excluding hydrogens is 794 g/mol. The first kappa shape index (κ1) is 44.2. The van der Waals surface area contributed by atoms with Crippen LogP contribution in [0.2, 0.25) is 5.04 Å². The number of morpholine rings is 1. The summed E-state index contributed by atoms with van der Waals surface area (Å²) in [5.74, 6) is 0.368. The summed E-state index contributed by atoms with van der Waals surface area (Å²) in [5, 5.41) is 2.08. The van der Waals surface area contributed by atoms with Crippen LogP contribution in [0.25, 0.3) is 11.1 Å². The third kappa shape index (κ3) is 10.3. The number of benzene rings is 4. The summed E-state index contributed by atoms with van der Waals surface area (Å²) in [5.41, 5.74) is 2.01. The van der Waals surface area contributed by atoms with Gasteiger partial charge in [-0.2, -0.15) is 13.2 Å². The van der Waals surface area contributed by atoms with Crippen LogP contribution >= 0.6 is 0 Å². The van der Waals surface area contributed by atoms with Gasteiger partial charge in [0.1, 0.15) is 5.75 Å². The Hall–Kier alpha value is -4.85. The Morgan fingerprint density at radius 1 is 0.803 bits per heavy atom. The maximum atomic E-state index is 14.7. The molecule has 2 saturated heterocycles. The van der Waals surface area contributed by atoms with Crippen molar-refractivity contribution >= 4 is 24.6 Å². The number of amides is 1. The van der Waals surface area contributed by atoms with Crippen molar-refractivity contribution in [1.29, 1.82) is 0 Å². The van der Waals surface area contributed by atoms with Crippen molar-refractivity contribution < 1.29 is 31.9 Å². The lowest BCUT2D eigenvalue weighted by molar-refractivity contribution is -0.137. The number of halogens is 3. The lowest BCUT2D eigenvalue weighted by Gasteiger charge is -2.44. The fourth-order valence-corrected chi connectivity index (χ4v) is 13.4. The zero-order valence-corrected chi connectivity index (χ0v) is 36.8. The van der Waals surface area contributed by atoms with E-state index in [1.165, 1.54) is 22.8 Å². The molecule has 0 spiro atoms. The van der Waals surface area contributed by atoms with E-state index in [1.807, 2.05) is 12.1 Å². The molecule has 0 N–H and O–H groups in total. The summed E-state index contributed by atoms with van der Waals surface area (Å²) in [4.78, 5) is 25.3. The number of alkyl halides is 3. The summed E-state index contributed by atoms with van der Waals surface area (Å²) in [7, 11) is -1.28. The van der Waals surface area contributed by atoms with Gasteiger partial charge < -0.3 is 18.8 Å². The quantitative estimate of drug-likeness (QED) is 0.113. The van der Waals surface area contributed by atoms with E-state index in [1.54, 1.807) is 30.2 Å². The van der Waals surface area contributed by atoms with Crippen LogP contribution in [0.3, 0.4) is 0 Å². The Bertz CT molecular complexity index is 2180. The van der Waals surface area contributed by atoms with E-state index < -0.39 is 26.0 Å². The SMILES string of the molecule is COC[C@@H]1CN(CCN2CCN(C(=O)c3cc(-c4ccncc4)cc(C(F)(F)F)c3)[C@H](Cc3ccc(C)c(O[Si](c4ccccc4)(c4ccccc4)C(C)(C)C)c3)C2)CCO1. The molecule has 2 aliphatic heterocycles. The maximum Gasteiger partial charge on any atom is 0.416 e. The van der Waals surface area contributed by atoms with E-state index in [0.717, 1.165) is 55.2 Å². The van der Waals surface area contributed by atoms with Crippen molar-refractivity contribution in [3.63, 3.8) is 0 Å². The molecule has 0 saturated carbocycles. The van der Waals surface area contributed by atoms with E-state index in [9.17, 15) is 18.0 Å². The average Bonchev–Trinajstić information content (AvgIpc) is 3.26. The number of carbonyl (C=O) groups excluding carboxylic acids is 1. The van der Waals surface area contributed by atoms with Crippen molar-refractivity contribution in [2.45, 2.75) is 57.5 Å². The predicted octanol–water partition coefficient (Wildman–Crippen LogP) is 7.73. The largest absolute Gasteiger partial charge is 0.534 e. The Labute approximate surface area is 359 Å². The molecule has 12 heteroatoms. The van der Waals surface area contributed by atoms with Crippen molar-refractivity contribution in [2.75, 3.05) is 66.1 Å². The third-order valence-corrected chi connectivity index (χ3v) is 17.0. The molecule has 322 valence electrons. The molecule has 5 aromatic rings. The van der Waals surface area contributed by atoms with Crippen LogP contribution in [0.1, 0.15) is 47.8 Å². The Morgan fingerprint density at radius 3 is 2.08 bits per heavy atom. The number of ether oxygens (including phenoxy) is 2. The van der Waals surface area contributed by atoms with Crippen LogP contribution in [-0.2, 0) is 22.1 Å². The van der Waals surface area contributed by atoms with Crippen LogP contribution in [0, 0.1) is 6.92 Å². The van der Waals surface area contributed by atoms with Crippen LogP contribution in [0.4, 0.5) is 13.2 Å². The van der Waals surface area contributed by atoms with E-state index in [2.05, 4.69) is 109 Å². The zero-order valence-electron chi connectivity index (χ0n) is 35.8. The van der Waals surface area contributed by atoms with Gasteiger partial charge in [0.05, 0.1) is 24.9 Å². The molecular formula is C49H57F3N4O4Si.